The Bertz CT molecular complexity index is 1000. The molecule has 11 heteroatoms. The number of rotatable bonds is 6. The Morgan fingerprint density at radius 2 is 1.13 bits per heavy atom. The SMILES string of the molecule is FC(F)(F)c1ccsc1[O][Zr]([O]c1sccc1C(F)(F)F)([C]1=CC=CC1)[C]1=CC=CC1. The molecule has 2 aliphatic carbocycles. The molecule has 2 nitrogen and oxygen atoms in total. The minimum atomic E-state index is -4.96. The summed E-state index contributed by atoms with van der Waals surface area (Å²) in [7, 11) is 0. The van der Waals surface area contributed by atoms with Gasteiger partial charge >= 0.3 is 188 Å². The first-order chi connectivity index (χ1) is 14.6. The van der Waals surface area contributed by atoms with Gasteiger partial charge in [0.25, 0.3) is 0 Å². The molecule has 0 bridgehead atoms. The molecule has 4 rings (SSSR count). The third kappa shape index (κ3) is 4.50. The summed E-state index contributed by atoms with van der Waals surface area (Å²) in [4.78, 5) is 0. The molecule has 0 fully saturated rings. The molecule has 0 saturated carbocycles. The molecule has 0 unspecified atom stereocenters. The summed E-state index contributed by atoms with van der Waals surface area (Å²) in [5, 5.41) is 1.75. The minimum absolute atomic E-state index is 0.354. The van der Waals surface area contributed by atoms with Crippen molar-refractivity contribution in [3.05, 3.63) is 77.0 Å². The van der Waals surface area contributed by atoms with Gasteiger partial charge in [-0.25, -0.2) is 0 Å². The Hall–Kier alpha value is -1.58. The molecule has 164 valence electrons. The van der Waals surface area contributed by atoms with Gasteiger partial charge in [-0.15, -0.1) is 0 Å². The summed E-state index contributed by atoms with van der Waals surface area (Å²) in [6.07, 6.45) is 1.79. The van der Waals surface area contributed by atoms with E-state index in [0.717, 1.165) is 34.8 Å². The van der Waals surface area contributed by atoms with Crippen molar-refractivity contribution >= 4 is 22.7 Å². The standard InChI is InChI=1S/2C5H3F3OS.2C5H5.Zr/c2*6-5(7,8)3-1-2-10-4(3)9;2*1-2-4-5-3-1;/h2*1-2,9H;2*1-3H,4H2;/q;;;;+2/p-2. The van der Waals surface area contributed by atoms with Gasteiger partial charge in [-0.1, -0.05) is 0 Å². The third-order valence-electron chi connectivity index (χ3n) is 4.73. The van der Waals surface area contributed by atoms with Crippen molar-refractivity contribution in [3.8, 4) is 10.1 Å². The monoisotopic (exact) mass is 554 g/mol. The van der Waals surface area contributed by atoms with Crippen LogP contribution in [0.4, 0.5) is 26.3 Å². The zero-order chi connectivity index (χ0) is 22.3. The van der Waals surface area contributed by atoms with E-state index in [1.165, 1.54) is 10.8 Å². The van der Waals surface area contributed by atoms with Gasteiger partial charge in [0.15, 0.2) is 0 Å². The number of thiophene rings is 2. The first-order valence-corrected chi connectivity index (χ1v) is 15.2. The van der Waals surface area contributed by atoms with E-state index >= 15 is 0 Å². The van der Waals surface area contributed by atoms with Crippen LogP contribution < -0.4 is 5.63 Å². The molecule has 0 amide bonds. The van der Waals surface area contributed by atoms with Crippen LogP contribution in [-0.2, 0) is 33.5 Å². The zero-order valence-corrected chi connectivity index (χ0v) is 19.7. The fourth-order valence-electron chi connectivity index (χ4n) is 3.30. The molecule has 0 spiro atoms. The van der Waals surface area contributed by atoms with E-state index in [0.29, 0.717) is 19.4 Å². The van der Waals surface area contributed by atoms with E-state index < -0.39 is 44.6 Å². The first-order valence-electron chi connectivity index (χ1n) is 9.01. The molecule has 0 saturated heterocycles. The second-order valence-electron chi connectivity index (χ2n) is 6.71. The summed E-state index contributed by atoms with van der Waals surface area (Å²) in [6, 6.07) is 1.82. The van der Waals surface area contributed by atoms with E-state index in [1.807, 2.05) is 0 Å². The summed E-state index contributed by atoms with van der Waals surface area (Å²) in [5.41, 5.74) is -1.91. The van der Waals surface area contributed by atoms with E-state index in [-0.39, 0.29) is 10.1 Å². The third-order valence-corrected chi connectivity index (χ3v) is 15.4. The topological polar surface area (TPSA) is 18.5 Å². The number of alkyl halides is 6. The molecular weight excluding hydrogens is 542 g/mol. The van der Waals surface area contributed by atoms with Crippen LogP contribution in [0.2, 0.25) is 0 Å². The molecule has 0 atom stereocenters. The van der Waals surface area contributed by atoms with E-state index in [9.17, 15) is 26.3 Å². The summed E-state index contributed by atoms with van der Waals surface area (Å²) in [6.45, 7) is 0. The van der Waals surface area contributed by atoms with Crippen molar-refractivity contribution in [1.82, 2.24) is 0 Å². The molecule has 0 radical (unpaired) electrons. The van der Waals surface area contributed by atoms with Gasteiger partial charge in [0, 0.05) is 0 Å². The van der Waals surface area contributed by atoms with Gasteiger partial charge < -0.3 is 0 Å². The molecule has 0 aliphatic heterocycles. The van der Waals surface area contributed by atoms with Crippen molar-refractivity contribution in [2.24, 2.45) is 0 Å². The van der Waals surface area contributed by atoms with Crippen LogP contribution in [0.1, 0.15) is 24.0 Å². The van der Waals surface area contributed by atoms with Gasteiger partial charge in [0.2, 0.25) is 0 Å². The van der Waals surface area contributed by atoms with E-state index in [1.54, 1.807) is 36.5 Å². The summed E-state index contributed by atoms with van der Waals surface area (Å²) < 4.78 is 94.6. The number of hydrogen-bond donors (Lipinski definition) is 0. The molecular formula is C20H14F6O2S2Zr. The Morgan fingerprint density at radius 3 is 1.45 bits per heavy atom. The second-order valence-corrected chi connectivity index (χ2v) is 15.7. The van der Waals surface area contributed by atoms with Crippen LogP contribution in [0.25, 0.3) is 0 Å². The second kappa shape index (κ2) is 8.41. The van der Waals surface area contributed by atoms with Crippen molar-refractivity contribution in [3.63, 3.8) is 0 Å². The van der Waals surface area contributed by atoms with Crippen LogP contribution in [0, 0.1) is 0 Å². The van der Waals surface area contributed by atoms with Crippen LogP contribution in [0.15, 0.2) is 65.9 Å². The van der Waals surface area contributed by atoms with Crippen molar-refractivity contribution in [2.75, 3.05) is 0 Å². The number of halogens is 6. The van der Waals surface area contributed by atoms with Gasteiger partial charge in [0.05, 0.1) is 0 Å². The predicted molar refractivity (Wildman–Crippen MR) is 104 cm³/mol. The molecule has 0 aromatic carbocycles. The van der Waals surface area contributed by atoms with E-state index in [4.69, 9.17) is 5.63 Å². The van der Waals surface area contributed by atoms with Crippen molar-refractivity contribution in [2.45, 2.75) is 25.2 Å². The maximum absolute atomic E-state index is 13.5. The Kier molecular flexibility index (Phi) is 6.13. The average Bonchev–Trinajstić information content (AvgIpc) is 3.46. The average molecular weight is 556 g/mol. The fourth-order valence-corrected chi connectivity index (χ4v) is 14.5. The zero-order valence-electron chi connectivity index (χ0n) is 15.6. The summed E-state index contributed by atoms with van der Waals surface area (Å²) in [5.74, 6) is 0. The summed E-state index contributed by atoms with van der Waals surface area (Å²) >= 11 is -3.44. The Labute approximate surface area is 187 Å². The number of hydrogen-bond acceptors (Lipinski definition) is 4. The predicted octanol–water partition coefficient (Wildman–Crippen LogP) is 7.98. The van der Waals surface area contributed by atoms with Gasteiger partial charge in [-0.3, -0.25) is 0 Å². The van der Waals surface area contributed by atoms with E-state index in [2.05, 4.69) is 0 Å². The van der Waals surface area contributed by atoms with Gasteiger partial charge in [-0.2, -0.15) is 0 Å². The van der Waals surface area contributed by atoms with Crippen LogP contribution in [-0.4, -0.2) is 0 Å². The molecule has 2 aromatic heterocycles. The molecule has 2 aliphatic rings. The van der Waals surface area contributed by atoms with Gasteiger partial charge in [0.1, 0.15) is 0 Å². The van der Waals surface area contributed by atoms with Crippen LogP contribution in [0.5, 0.6) is 10.1 Å². The number of allylic oxidation sites excluding steroid dienone is 8. The van der Waals surface area contributed by atoms with Crippen molar-refractivity contribution in [1.29, 1.82) is 0 Å². The Balaban J connectivity index is 1.85. The normalized spacial score (nSPS) is 16.6. The molecule has 2 aromatic rings. The fraction of sp³-hybridized carbons (Fsp3) is 0.200. The van der Waals surface area contributed by atoms with Crippen molar-refractivity contribution < 1.29 is 53.1 Å². The molecule has 31 heavy (non-hydrogen) atoms. The molecule has 0 N–H and O–H groups in total. The van der Waals surface area contributed by atoms with Crippen LogP contribution in [0.3, 0.4) is 0 Å². The molecule has 2 heterocycles. The first kappa shape index (κ1) is 22.6. The van der Waals surface area contributed by atoms with Gasteiger partial charge in [-0.05, 0) is 0 Å². The quantitative estimate of drug-likeness (QED) is 0.337. The van der Waals surface area contributed by atoms with Crippen LogP contribution >= 0.6 is 22.7 Å². The maximum atomic E-state index is 13.5. The Morgan fingerprint density at radius 1 is 0.710 bits per heavy atom.